The van der Waals surface area contributed by atoms with Gasteiger partial charge in [-0.3, -0.25) is 34.3 Å². The van der Waals surface area contributed by atoms with Crippen LogP contribution in [0, 0.1) is 11.6 Å². The number of fused-ring (bicyclic) bond motifs is 1. The molecule has 6 rings (SSSR count). The van der Waals surface area contributed by atoms with Crippen LogP contribution in [0.2, 0.25) is 0 Å². The van der Waals surface area contributed by atoms with Crippen LogP contribution in [0.25, 0.3) is 0 Å². The molecule has 0 radical (unpaired) electrons. The van der Waals surface area contributed by atoms with Crippen LogP contribution in [-0.4, -0.2) is 65.6 Å². The Morgan fingerprint density at radius 2 is 1.60 bits per heavy atom. The van der Waals surface area contributed by atoms with Gasteiger partial charge in [-0.25, -0.2) is 8.78 Å². The normalized spacial score (nSPS) is 19.2. The van der Waals surface area contributed by atoms with Gasteiger partial charge in [0.2, 0.25) is 11.8 Å². The van der Waals surface area contributed by atoms with Gasteiger partial charge in [0.1, 0.15) is 30.0 Å². The highest BCUT2D eigenvalue weighted by Crippen LogP contribution is 2.34. The zero-order chi connectivity index (χ0) is 29.4. The maximum absolute atomic E-state index is 14.1. The molecule has 3 aromatic carbocycles. The first kappa shape index (κ1) is 27.5. The molecule has 1 N–H and O–H groups in total. The van der Waals surface area contributed by atoms with Crippen LogP contribution in [0.15, 0.2) is 60.7 Å². The average Bonchev–Trinajstić information content (AvgIpc) is 3.23. The van der Waals surface area contributed by atoms with Gasteiger partial charge in [-0.2, -0.15) is 0 Å². The van der Waals surface area contributed by atoms with E-state index in [0.717, 1.165) is 41.7 Å². The van der Waals surface area contributed by atoms with Crippen molar-refractivity contribution in [1.29, 1.82) is 0 Å². The molecule has 9 nitrogen and oxygen atoms in total. The molecule has 3 aliphatic heterocycles. The van der Waals surface area contributed by atoms with Crippen LogP contribution in [0.5, 0.6) is 5.75 Å². The Labute approximate surface area is 240 Å². The van der Waals surface area contributed by atoms with Crippen molar-refractivity contribution in [2.45, 2.75) is 32.0 Å². The van der Waals surface area contributed by atoms with E-state index < -0.39 is 41.3 Å². The molecule has 3 heterocycles. The van der Waals surface area contributed by atoms with E-state index in [2.05, 4.69) is 10.2 Å². The van der Waals surface area contributed by atoms with Gasteiger partial charge in [-0.1, -0.05) is 30.3 Å². The number of nitrogens with zero attached hydrogens (tertiary/aromatic N) is 3. The Morgan fingerprint density at radius 1 is 0.857 bits per heavy atom. The SMILES string of the molecule is O=C1CCC(N2C(=O)c3cccc(OCc4ccc(CN5CCN(c6ccc(F)cc6F)CC5)cc4)c3C2=O)C(=O)N1. The maximum Gasteiger partial charge on any atom is 0.266 e. The van der Waals surface area contributed by atoms with E-state index in [1.807, 2.05) is 29.2 Å². The van der Waals surface area contributed by atoms with Crippen LogP contribution in [0.1, 0.15) is 44.7 Å². The number of hydrogen-bond donors (Lipinski definition) is 1. The predicted octanol–water partition coefficient (Wildman–Crippen LogP) is 3.27. The summed E-state index contributed by atoms with van der Waals surface area (Å²) in [6, 6.07) is 15.3. The number of ether oxygens (including phenoxy) is 1. The van der Waals surface area contributed by atoms with Crippen molar-refractivity contribution >= 4 is 29.3 Å². The minimum absolute atomic E-state index is 0.0509. The summed E-state index contributed by atoms with van der Waals surface area (Å²) in [4.78, 5) is 55.3. The van der Waals surface area contributed by atoms with Crippen LogP contribution >= 0.6 is 0 Å². The molecule has 0 bridgehead atoms. The molecule has 2 fully saturated rings. The lowest BCUT2D eigenvalue weighted by Crippen LogP contribution is -2.54. The molecule has 0 saturated carbocycles. The Hall–Kier alpha value is -4.64. The van der Waals surface area contributed by atoms with Gasteiger partial charge in [0.15, 0.2) is 0 Å². The van der Waals surface area contributed by atoms with Crippen molar-refractivity contribution in [3.63, 3.8) is 0 Å². The third-order valence-corrected chi connectivity index (χ3v) is 7.88. The highest BCUT2D eigenvalue weighted by molar-refractivity contribution is 6.24. The lowest BCUT2D eigenvalue weighted by atomic mass is 10.0. The van der Waals surface area contributed by atoms with Crippen molar-refractivity contribution < 1.29 is 32.7 Å². The molecular weight excluding hydrogens is 546 g/mol. The first-order valence-electron chi connectivity index (χ1n) is 13.8. The summed E-state index contributed by atoms with van der Waals surface area (Å²) in [6.07, 6.45) is 0.135. The summed E-state index contributed by atoms with van der Waals surface area (Å²) in [5.41, 5.74) is 2.66. The Kier molecular flexibility index (Phi) is 7.42. The number of amides is 4. The molecule has 216 valence electrons. The molecule has 0 aliphatic carbocycles. The first-order valence-corrected chi connectivity index (χ1v) is 13.8. The van der Waals surface area contributed by atoms with Crippen LogP contribution < -0.4 is 15.0 Å². The van der Waals surface area contributed by atoms with Crippen molar-refractivity contribution in [2.75, 3.05) is 31.1 Å². The van der Waals surface area contributed by atoms with Gasteiger partial charge >= 0.3 is 0 Å². The Bertz CT molecular complexity index is 1570. The van der Waals surface area contributed by atoms with E-state index in [1.165, 1.54) is 18.2 Å². The molecule has 2 saturated heterocycles. The lowest BCUT2D eigenvalue weighted by molar-refractivity contribution is -0.136. The fraction of sp³-hybridized carbons (Fsp3) is 0.290. The maximum atomic E-state index is 14.1. The van der Waals surface area contributed by atoms with Crippen LogP contribution in [0.3, 0.4) is 0 Å². The second kappa shape index (κ2) is 11.3. The molecule has 1 unspecified atom stereocenters. The predicted molar refractivity (Wildman–Crippen MR) is 148 cm³/mol. The third-order valence-electron chi connectivity index (χ3n) is 7.88. The minimum Gasteiger partial charge on any atom is -0.488 e. The van der Waals surface area contributed by atoms with Crippen LogP contribution in [0.4, 0.5) is 14.5 Å². The quantitative estimate of drug-likeness (QED) is 0.433. The number of nitrogens with one attached hydrogen (secondary N) is 1. The minimum atomic E-state index is -1.04. The molecule has 1 atom stereocenters. The van der Waals surface area contributed by atoms with Crippen LogP contribution in [-0.2, 0) is 22.7 Å². The highest BCUT2D eigenvalue weighted by Gasteiger charge is 2.46. The number of carbonyl (C=O) groups is 4. The second-order valence-corrected chi connectivity index (χ2v) is 10.6. The fourth-order valence-corrected chi connectivity index (χ4v) is 5.65. The van der Waals surface area contributed by atoms with E-state index in [4.69, 9.17) is 4.74 Å². The largest absolute Gasteiger partial charge is 0.488 e. The topological polar surface area (TPSA) is 99.3 Å². The van der Waals surface area contributed by atoms with Crippen molar-refractivity contribution in [1.82, 2.24) is 15.1 Å². The molecular formula is C31H28F2N4O5. The number of benzene rings is 3. The average molecular weight is 575 g/mol. The van der Waals surface area contributed by atoms with Gasteiger partial charge in [0, 0.05) is 45.2 Å². The van der Waals surface area contributed by atoms with Gasteiger partial charge in [0.05, 0.1) is 16.8 Å². The smallest absolute Gasteiger partial charge is 0.266 e. The van der Waals surface area contributed by atoms with Gasteiger partial charge < -0.3 is 9.64 Å². The number of carbonyl (C=O) groups excluding carboxylic acids is 4. The summed E-state index contributed by atoms with van der Waals surface area (Å²) >= 11 is 0. The molecule has 3 aromatic rings. The van der Waals surface area contributed by atoms with Crippen molar-refractivity contribution in [2.24, 2.45) is 0 Å². The molecule has 11 heteroatoms. The van der Waals surface area contributed by atoms with E-state index in [0.29, 0.717) is 18.8 Å². The fourth-order valence-electron chi connectivity index (χ4n) is 5.65. The Balaban J connectivity index is 1.05. The number of piperazine rings is 1. The van der Waals surface area contributed by atoms with Gasteiger partial charge in [-0.15, -0.1) is 0 Å². The van der Waals surface area contributed by atoms with E-state index >= 15 is 0 Å². The third kappa shape index (κ3) is 5.35. The molecule has 42 heavy (non-hydrogen) atoms. The molecule has 4 amide bonds. The van der Waals surface area contributed by atoms with E-state index in [9.17, 15) is 28.0 Å². The number of piperidine rings is 1. The second-order valence-electron chi connectivity index (χ2n) is 10.6. The molecule has 0 spiro atoms. The summed E-state index contributed by atoms with van der Waals surface area (Å²) in [7, 11) is 0. The van der Waals surface area contributed by atoms with Gasteiger partial charge in [-0.05, 0) is 41.8 Å². The highest BCUT2D eigenvalue weighted by atomic mass is 19.1. The number of imide groups is 2. The number of anilines is 1. The van der Waals surface area contributed by atoms with Crippen molar-refractivity contribution in [3.8, 4) is 5.75 Å². The van der Waals surface area contributed by atoms with Crippen molar-refractivity contribution in [3.05, 3.63) is 94.6 Å². The van der Waals surface area contributed by atoms with E-state index in [-0.39, 0.29) is 36.3 Å². The lowest BCUT2D eigenvalue weighted by Gasteiger charge is -2.36. The zero-order valence-electron chi connectivity index (χ0n) is 22.6. The number of halogens is 2. The number of rotatable bonds is 7. The molecule has 3 aliphatic rings. The molecule has 0 aromatic heterocycles. The number of hydrogen-bond acceptors (Lipinski definition) is 7. The zero-order valence-corrected chi connectivity index (χ0v) is 22.6. The summed E-state index contributed by atoms with van der Waals surface area (Å²) < 4.78 is 33.4. The van der Waals surface area contributed by atoms with Gasteiger partial charge in [0.25, 0.3) is 11.8 Å². The standard InChI is InChI=1S/C31H28F2N4O5/c32-21-8-9-24(23(33)16-21)36-14-12-35(13-15-36)17-19-4-6-20(7-5-19)18-42-26-3-1-2-22-28(26)31(41)37(30(22)40)25-10-11-27(38)34-29(25)39/h1-9,16,25H,10-15,17-18H2,(H,34,38,39). The van der Waals surface area contributed by atoms with E-state index in [1.54, 1.807) is 12.1 Å². The summed E-state index contributed by atoms with van der Waals surface area (Å²) in [5.74, 6) is -3.17. The summed E-state index contributed by atoms with van der Waals surface area (Å²) in [5, 5.41) is 2.19. The Morgan fingerprint density at radius 3 is 2.31 bits per heavy atom. The summed E-state index contributed by atoms with van der Waals surface area (Å²) in [6.45, 7) is 3.64. The monoisotopic (exact) mass is 574 g/mol. The first-order chi connectivity index (χ1) is 20.3.